The van der Waals surface area contributed by atoms with E-state index in [2.05, 4.69) is 28.1 Å². The van der Waals surface area contributed by atoms with Crippen LogP contribution in [0.4, 0.5) is 5.69 Å². The summed E-state index contributed by atoms with van der Waals surface area (Å²) in [5, 5.41) is 1.19. The molecule has 1 aromatic heterocycles. The molecule has 0 aliphatic carbocycles. The van der Waals surface area contributed by atoms with Gasteiger partial charge in [0.2, 0.25) is 0 Å². The van der Waals surface area contributed by atoms with Gasteiger partial charge in [-0.25, -0.2) is 4.98 Å². The first kappa shape index (κ1) is 12.9. The number of para-hydroxylation sites is 1. The minimum absolute atomic E-state index is 0.789. The van der Waals surface area contributed by atoms with Crippen LogP contribution in [0.1, 0.15) is 25.0 Å². The van der Waals surface area contributed by atoms with Crippen LogP contribution in [0.15, 0.2) is 36.4 Å². The highest BCUT2D eigenvalue weighted by atomic mass is 16.1. The largest absolute Gasteiger partial charge is 0.371 e. The Labute approximate surface area is 118 Å². The minimum Gasteiger partial charge on any atom is -0.371 e. The van der Waals surface area contributed by atoms with Gasteiger partial charge in [0.1, 0.15) is 6.29 Å². The van der Waals surface area contributed by atoms with Crippen LogP contribution in [0.25, 0.3) is 17.0 Å². The zero-order chi connectivity index (χ0) is 13.8. The van der Waals surface area contributed by atoms with Gasteiger partial charge in [-0.15, -0.1) is 0 Å². The van der Waals surface area contributed by atoms with Gasteiger partial charge in [-0.2, -0.15) is 0 Å². The average Bonchev–Trinajstić information content (AvgIpc) is 2.53. The number of nitrogens with zero attached hydrogens (tertiary/aromatic N) is 2. The van der Waals surface area contributed by atoms with E-state index in [9.17, 15) is 4.79 Å². The number of fused-ring (bicyclic) bond motifs is 1. The Morgan fingerprint density at radius 2 is 1.90 bits per heavy atom. The molecule has 1 aromatic carbocycles. The van der Waals surface area contributed by atoms with Crippen molar-refractivity contribution in [1.82, 2.24) is 4.98 Å². The second kappa shape index (κ2) is 5.87. The number of carbonyl (C=O) groups is 1. The summed E-state index contributed by atoms with van der Waals surface area (Å²) in [6.45, 7) is 2.20. The van der Waals surface area contributed by atoms with E-state index in [1.165, 1.54) is 36.4 Å². The van der Waals surface area contributed by atoms with Crippen molar-refractivity contribution >= 4 is 29.0 Å². The number of aromatic nitrogens is 1. The Bertz CT molecular complexity index is 642. The highest BCUT2D eigenvalue weighted by molar-refractivity contribution is 5.93. The van der Waals surface area contributed by atoms with Crippen LogP contribution >= 0.6 is 0 Å². The molecular weight excluding hydrogens is 248 g/mol. The van der Waals surface area contributed by atoms with Gasteiger partial charge in [-0.05, 0) is 43.5 Å². The molecule has 0 N–H and O–H groups in total. The van der Waals surface area contributed by atoms with Crippen LogP contribution in [-0.4, -0.2) is 24.4 Å². The normalized spacial score (nSPS) is 15.9. The monoisotopic (exact) mass is 266 g/mol. The molecule has 1 saturated heterocycles. The molecule has 2 heterocycles. The topological polar surface area (TPSA) is 33.2 Å². The predicted molar refractivity (Wildman–Crippen MR) is 82.9 cm³/mol. The third kappa shape index (κ3) is 2.57. The molecule has 0 saturated carbocycles. The summed E-state index contributed by atoms with van der Waals surface area (Å²) in [5.74, 6) is 0. The summed E-state index contributed by atoms with van der Waals surface area (Å²) in [7, 11) is 0. The van der Waals surface area contributed by atoms with Gasteiger partial charge >= 0.3 is 0 Å². The highest BCUT2D eigenvalue weighted by Crippen LogP contribution is 2.29. The number of rotatable bonds is 3. The number of benzene rings is 1. The fourth-order valence-corrected chi connectivity index (χ4v) is 2.80. The lowest BCUT2D eigenvalue weighted by Crippen LogP contribution is -2.29. The maximum Gasteiger partial charge on any atom is 0.142 e. The molecule has 1 aliphatic heterocycles. The Hall–Kier alpha value is -2.16. The van der Waals surface area contributed by atoms with Crippen LogP contribution in [0.5, 0.6) is 0 Å². The first-order valence-electron chi connectivity index (χ1n) is 7.15. The zero-order valence-corrected chi connectivity index (χ0v) is 11.5. The average molecular weight is 266 g/mol. The van der Waals surface area contributed by atoms with Gasteiger partial charge in [0.05, 0.1) is 11.2 Å². The number of allylic oxidation sites excluding steroid dienone is 1. The van der Waals surface area contributed by atoms with E-state index in [4.69, 9.17) is 0 Å². The second-order valence-electron chi connectivity index (χ2n) is 5.13. The molecule has 0 radical (unpaired) electrons. The van der Waals surface area contributed by atoms with Crippen LogP contribution < -0.4 is 4.90 Å². The molecule has 3 heteroatoms. The van der Waals surface area contributed by atoms with Gasteiger partial charge in [-0.1, -0.05) is 18.2 Å². The number of hydrogen-bond donors (Lipinski definition) is 0. The van der Waals surface area contributed by atoms with E-state index in [-0.39, 0.29) is 0 Å². The Morgan fingerprint density at radius 3 is 2.70 bits per heavy atom. The van der Waals surface area contributed by atoms with Crippen molar-refractivity contribution in [3.63, 3.8) is 0 Å². The summed E-state index contributed by atoms with van der Waals surface area (Å²) in [6.07, 6.45) is 7.87. The fourth-order valence-electron chi connectivity index (χ4n) is 2.80. The van der Waals surface area contributed by atoms with Gasteiger partial charge in [0.15, 0.2) is 0 Å². The minimum atomic E-state index is 0.789. The molecule has 0 amide bonds. The van der Waals surface area contributed by atoms with E-state index in [0.717, 1.165) is 30.6 Å². The molecule has 0 bridgehead atoms. The molecule has 102 valence electrons. The summed E-state index contributed by atoms with van der Waals surface area (Å²) in [5.41, 5.74) is 3.07. The molecule has 0 unspecified atom stereocenters. The van der Waals surface area contributed by atoms with E-state index in [1.807, 2.05) is 12.1 Å². The number of aldehydes is 1. The molecule has 1 aliphatic rings. The Kier molecular flexibility index (Phi) is 3.77. The summed E-state index contributed by atoms with van der Waals surface area (Å²) in [4.78, 5) is 17.5. The number of carbonyl (C=O) groups excluding carboxylic acids is 1. The van der Waals surface area contributed by atoms with Crippen molar-refractivity contribution in [1.29, 1.82) is 0 Å². The first-order chi connectivity index (χ1) is 9.88. The zero-order valence-electron chi connectivity index (χ0n) is 11.5. The van der Waals surface area contributed by atoms with E-state index in [1.54, 1.807) is 6.08 Å². The Balaban J connectivity index is 2.11. The van der Waals surface area contributed by atoms with E-state index < -0.39 is 0 Å². The van der Waals surface area contributed by atoms with Gasteiger partial charge in [0, 0.05) is 24.2 Å². The van der Waals surface area contributed by atoms with Crippen LogP contribution in [-0.2, 0) is 4.79 Å². The first-order valence-corrected chi connectivity index (χ1v) is 7.15. The number of hydrogen-bond acceptors (Lipinski definition) is 3. The molecular formula is C17H18N2O. The van der Waals surface area contributed by atoms with Crippen molar-refractivity contribution in [3.05, 3.63) is 42.1 Å². The molecule has 3 nitrogen and oxygen atoms in total. The van der Waals surface area contributed by atoms with Gasteiger partial charge < -0.3 is 4.90 Å². The second-order valence-corrected chi connectivity index (χ2v) is 5.13. The Morgan fingerprint density at radius 1 is 1.10 bits per heavy atom. The van der Waals surface area contributed by atoms with E-state index in [0.29, 0.717) is 0 Å². The van der Waals surface area contributed by atoms with Crippen molar-refractivity contribution in [2.75, 3.05) is 18.0 Å². The third-order valence-corrected chi connectivity index (χ3v) is 3.76. The lowest BCUT2D eigenvalue weighted by molar-refractivity contribution is -0.104. The van der Waals surface area contributed by atoms with Crippen molar-refractivity contribution in [2.45, 2.75) is 19.3 Å². The maximum atomic E-state index is 10.5. The van der Waals surface area contributed by atoms with Crippen LogP contribution in [0, 0.1) is 0 Å². The molecule has 0 atom stereocenters. The maximum absolute atomic E-state index is 10.5. The summed E-state index contributed by atoms with van der Waals surface area (Å²) in [6, 6.07) is 10.3. The highest BCUT2D eigenvalue weighted by Gasteiger charge is 2.14. The summed E-state index contributed by atoms with van der Waals surface area (Å²) >= 11 is 0. The van der Waals surface area contributed by atoms with Crippen molar-refractivity contribution < 1.29 is 4.79 Å². The molecule has 2 aromatic rings. The van der Waals surface area contributed by atoms with Crippen LogP contribution in [0.2, 0.25) is 0 Å². The van der Waals surface area contributed by atoms with Crippen LogP contribution in [0.3, 0.4) is 0 Å². The van der Waals surface area contributed by atoms with Crippen molar-refractivity contribution in [3.8, 4) is 0 Å². The van der Waals surface area contributed by atoms with E-state index >= 15 is 0 Å². The quantitative estimate of drug-likeness (QED) is 0.630. The SMILES string of the molecule is O=CC=Cc1cc(N2CCCCC2)c2ccccc2n1. The smallest absolute Gasteiger partial charge is 0.142 e. The predicted octanol–water partition coefficient (Wildman–Crippen LogP) is 3.44. The van der Waals surface area contributed by atoms with Crippen molar-refractivity contribution in [2.24, 2.45) is 0 Å². The molecule has 0 spiro atoms. The number of anilines is 1. The fraction of sp³-hybridized carbons (Fsp3) is 0.294. The lowest BCUT2D eigenvalue weighted by atomic mass is 10.1. The standard InChI is InChI=1S/C17H18N2O/c20-12-6-7-14-13-17(19-10-4-1-5-11-19)15-8-2-3-9-16(15)18-14/h2-3,6-9,12-13H,1,4-5,10-11H2. The van der Waals surface area contributed by atoms with Gasteiger partial charge in [-0.3, -0.25) is 4.79 Å². The molecule has 3 rings (SSSR count). The molecule has 1 fully saturated rings. The lowest BCUT2D eigenvalue weighted by Gasteiger charge is -2.30. The van der Waals surface area contributed by atoms with Gasteiger partial charge in [0.25, 0.3) is 0 Å². The third-order valence-electron chi connectivity index (χ3n) is 3.76. The number of piperidine rings is 1. The molecule has 20 heavy (non-hydrogen) atoms. The number of pyridine rings is 1. The summed E-state index contributed by atoms with van der Waals surface area (Å²) < 4.78 is 0.